The van der Waals surface area contributed by atoms with Crippen molar-refractivity contribution in [3.8, 4) is 0 Å². The van der Waals surface area contributed by atoms with Gasteiger partial charge in [-0.05, 0) is 44.0 Å². The summed E-state index contributed by atoms with van der Waals surface area (Å²) >= 11 is 1.55. The molecule has 2 aromatic rings. The zero-order valence-electron chi connectivity index (χ0n) is 12.0. The van der Waals surface area contributed by atoms with E-state index in [0.29, 0.717) is 0 Å². The van der Waals surface area contributed by atoms with Gasteiger partial charge in [-0.25, -0.2) is 0 Å². The highest BCUT2D eigenvalue weighted by atomic mass is 32.1. The fourth-order valence-corrected chi connectivity index (χ4v) is 3.34. The quantitative estimate of drug-likeness (QED) is 0.877. The van der Waals surface area contributed by atoms with Gasteiger partial charge in [-0.1, -0.05) is 17.7 Å². The number of aryl methyl sites for hydroxylation is 3. The average molecular weight is 289 g/mol. The summed E-state index contributed by atoms with van der Waals surface area (Å²) in [5.41, 5.74) is 4.92. The number of carbonyl (C=O) groups is 1. The van der Waals surface area contributed by atoms with Crippen LogP contribution >= 0.6 is 11.3 Å². The molecule has 106 valence electrons. The van der Waals surface area contributed by atoms with Gasteiger partial charge in [-0.15, -0.1) is 11.3 Å². The topological polar surface area (TPSA) is 49.3 Å². The molecule has 0 unspecified atom stereocenters. The Morgan fingerprint density at radius 1 is 1.15 bits per heavy atom. The van der Waals surface area contributed by atoms with E-state index in [1.165, 1.54) is 22.4 Å². The average Bonchev–Trinajstić information content (AvgIpc) is 2.74. The fourth-order valence-electron chi connectivity index (χ4n) is 2.40. The first-order valence-electron chi connectivity index (χ1n) is 6.57. The molecule has 0 spiro atoms. The molecule has 0 amide bonds. The fraction of sp³-hybridized carbons (Fsp3) is 0.312. The maximum absolute atomic E-state index is 10.7. The van der Waals surface area contributed by atoms with Crippen molar-refractivity contribution in [3.63, 3.8) is 0 Å². The first kappa shape index (κ1) is 14.6. The van der Waals surface area contributed by atoms with E-state index >= 15 is 0 Å². The van der Waals surface area contributed by atoms with Crippen molar-refractivity contribution in [2.24, 2.45) is 0 Å². The summed E-state index contributed by atoms with van der Waals surface area (Å²) < 4.78 is 0. The van der Waals surface area contributed by atoms with Gasteiger partial charge in [-0.3, -0.25) is 4.79 Å². The number of anilines is 1. The van der Waals surface area contributed by atoms with Crippen molar-refractivity contribution in [2.75, 3.05) is 5.32 Å². The molecule has 0 aliphatic carbocycles. The minimum atomic E-state index is -0.781. The summed E-state index contributed by atoms with van der Waals surface area (Å²) in [4.78, 5) is 12.7. The van der Waals surface area contributed by atoms with Crippen LogP contribution in [0.1, 0.15) is 26.4 Å². The molecule has 0 aliphatic rings. The van der Waals surface area contributed by atoms with E-state index in [9.17, 15) is 4.79 Å². The van der Waals surface area contributed by atoms with Crippen molar-refractivity contribution in [1.29, 1.82) is 0 Å². The SMILES string of the molecule is Cc1cc(C)c(NCc2ccc(CC(=O)O)s2)c(C)c1. The van der Waals surface area contributed by atoms with E-state index in [4.69, 9.17) is 5.11 Å². The van der Waals surface area contributed by atoms with Gasteiger partial charge < -0.3 is 10.4 Å². The van der Waals surface area contributed by atoms with Crippen molar-refractivity contribution in [2.45, 2.75) is 33.7 Å². The number of carboxylic acid groups (broad SMARTS) is 1. The number of aliphatic carboxylic acids is 1. The number of hydrogen-bond donors (Lipinski definition) is 2. The second kappa shape index (κ2) is 6.09. The number of thiophene rings is 1. The minimum Gasteiger partial charge on any atom is -0.481 e. The molecule has 1 aromatic carbocycles. The molecule has 0 saturated carbocycles. The summed E-state index contributed by atoms with van der Waals surface area (Å²) in [6.45, 7) is 7.04. The van der Waals surface area contributed by atoms with Crippen molar-refractivity contribution in [3.05, 3.63) is 50.7 Å². The molecule has 0 atom stereocenters. The largest absolute Gasteiger partial charge is 0.481 e. The summed E-state index contributed by atoms with van der Waals surface area (Å²) in [5, 5.41) is 12.2. The van der Waals surface area contributed by atoms with Gasteiger partial charge in [-0.2, -0.15) is 0 Å². The number of nitrogens with one attached hydrogen (secondary N) is 1. The molecule has 1 aromatic heterocycles. The lowest BCUT2D eigenvalue weighted by atomic mass is 10.1. The molecule has 3 nitrogen and oxygen atoms in total. The van der Waals surface area contributed by atoms with Crippen LogP contribution in [-0.4, -0.2) is 11.1 Å². The summed E-state index contributed by atoms with van der Waals surface area (Å²) in [6, 6.07) is 8.22. The molecule has 0 radical (unpaired) electrons. The number of rotatable bonds is 5. The Morgan fingerprint density at radius 3 is 2.35 bits per heavy atom. The third kappa shape index (κ3) is 3.61. The lowest BCUT2D eigenvalue weighted by molar-refractivity contribution is -0.136. The first-order chi connectivity index (χ1) is 9.45. The van der Waals surface area contributed by atoms with Gasteiger partial charge in [0.2, 0.25) is 0 Å². The van der Waals surface area contributed by atoms with Crippen LogP contribution in [0, 0.1) is 20.8 Å². The summed E-state index contributed by atoms with van der Waals surface area (Å²) in [7, 11) is 0. The smallest absolute Gasteiger partial charge is 0.308 e. The Labute approximate surface area is 123 Å². The molecule has 0 saturated heterocycles. The first-order valence-corrected chi connectivity index (χ1v) is 7.38. The Hall–Kier alpha value is -1.81. The molecular formula is C16H19NO2S. The van der Waals surface area contributed by atoms with Gasteiger partial charge in [0.15, 0.2) is 0 Å². The van der Waals surface area contributed by atoms with E-state index in [1.54, 1.807) is 11.3 Å². The molecule has 2 N–H and O–H groups in total. The standard InChI is InChI=1S/C16H19NO2S/c1-10-6-11(2)16(12(3)7-10)17-9-14-5-4-13(20-14)8-15(18)19/h4-7,17H,8-9H2,1-3H3,(H,18,19). The molecule has 4 heteroatoms. The Morgan fingerprint density at radius 2 is 1.75 bits per heavy atom. The highest BCUT2D eigenvalue weighted by Gasteiger charge is 2.07. The highest BCUT2D eigenvalue weighted by Crippen LogP contribution is 2.24. The second-order valence-electron chi connectivity index (χ2n) is 5.07. The van der Waals surface area contributed by atoms with Crippen LogP contribution in [0.2, 0.25) is 0 Å². The number of benzene rings is 1. The van der Waals surface area contributed by atoms with Crippen LogP contribution in [0.5, 0.6) is 0 Å². The van der Waals surface area contributed by atoms with Crippen LogP contribution in [0.25, 0.3) is 0 Å². The lowest BCUT2D eigenvalue weighted by Gasteiger charge is -2.13. The van der Waals surface area contributed by atoms with Crippen LogP contribution < -0.4 is 5.32 Å². The normalized spacial score (nSPS) is 10.6. The third-order valence-corrected chi connectivity index (χ3v) is 4.24. The van der Waals surface area contributed by atoms with Gasteiger partial charge in [0.1, 0.15) is 0 Å². The predicted octanol–water partition coefficient (Wildman–Crippen LogP) is 3.91. The third-order valence-electron chi connectivity index (χ3n) is 3.16. The van der Waals surface area contributed by atoms with Gasteiger partial charge in [0, 0.05) is 22.0 Å². The van der Waals surface area contributed by atoms with Crippen molar-refractivity contribution < 1.29 is 9.90 Å². The maximum Gasteiger partial charge on any atom is 0.308 e. The number of hydrogen-bond acceptors (Lipinski definition) is 3. The molecule has 0 fully saturated rings. The lowest BCUT2D eigenvalue weighted by Crippen LogP contribution is -2.02. The summed E-state index contributed by atoms with van der Waals surface area (Å²) in [6.07, 6.45) is 0.104. The molecule has 1 heterocycles. The maximum atomic E-state index is 10.7. The molecule has 2 rings (SSSR count). The monoisotopic (exact) mass is 289 g/mol. The highest BCUT2D eigenvalue weighted by molar-refractivity contribution is 7.12. The minimum absolute atomic E-state index is 0.104. The molecule has 0 aliphatic heterocycles. The zero-order chi connectivity index (χ0) is 14.7. The summed E-state index contributed by atoms with van der Waals surface area (Å²) in [5.74, 6) is -0.781. The predicted molar refractivity (Wildman–Crippen MR) is 83.6 cm³/mol. The van der Waals surface area contributed by atoms with E-state index in [0.717, 1.165) is 16.3 Å². The van der Waals surface area contributed by atoms with E-state index < -0.39 is 5.97 Å². The van der Waals surface area contributed by atoms with Crippen LogP contribution in [0.3, 0.4) is 0 Å². The van der Waals surface area contributed by atoms with Crippen LogP contribution in [0.4, 0.5) is 5.69 Å². The molecule has 0 bridgehead atoms. The Bertz CT molecular complexity index is 608. The van der Waals surface area contributed by atoms with Crippen LogP contribution in [0.15, 0.2) is 24.3 Å². The van der Waals surface area contributed by atoms with Gasteiger partial charge in [0.05, 0.1) is 6.42 Å². The van der Waals surface area contributed by atoms with E-state index in [2.05, 4.69) is 38.2 Å². The van der Waals surface area contributed by atoms with Gasteiger partial charge in [0.25, 0.3) is 0 Å². The van der Waals surface area contributed by atoms with Gasteiger partial charge >= 0.3 is 5.97 Å². The zero-order valence-corrected chi connectivity index (χ0v) is 12.8. The Kier molecular flexibility index (Phi) is 4.45. The number of carboxylic acids is 1. The second-order valence-corrected chi connectivity index (χ2v) is 6.32. The Balaban J connectivity index is 2.05. The molecular weight excluding hydrogens is 270 g/mol. The van der Waals surface area contributed by atoms with E-state index in [-0.39, 0.29) is 6.42 Å². The van der Waals surface area contributed by atoms with Crippen molar-refractivity contribution in [1.82, 2.24) is 0 Å². The van der Waals surface area contributed by atoms with Crippen LogP contribution in [-0.2, 0) is 17.8 Å². The van der Waals surface area contributed by atoms with Crippen molar-refractivity contribution >= 4 is 23.0 Å². The van der Waals surface area contributed by atoms with E-state index in [1.807, 2.05) is 12.1 Å². The molecule has 20 heavy (non-hydrogen) atoms.